The van der Waals surface area contributed by atoms with Crippen molar-refractivity contribution in [3.63, 3.8) is 0 Å². The maximum absolute atomic E-state index is 12.6. The lowest BCUT2D eigenvalue weighted by Gasteiger charge is -2.07. The second-order valence-electron chi connectivity index (χ2n) is 5.97. The lowest BCUT2D eigenvalue weighted by Crippen LogP contribution is -2.02. The number of nitrogens with two attached hydrogens (primary N) is 1. The summed E-state index contributed by atoms with van der Waals surface area (Å²) in [6, 6.07) is 14.9. The Balaban J connectivity index is 1.80. The van der Waals surface area contributed by atoms with Gasteiger partial charge >= 0.3 is 0 Å². The van der Waals surface area contributed by atoms with Gasteiger partial charge in [-0.25, -0.2) is 4.98 Å². The minimum Gasteiger partial charge on any atom is -0.382 e. The first-order valence-electron chi connectivity index (χ1n) is 7.87. The predicted octanol–water partition coefficient (Wildman–Crippen LogP) is 5.48. The van der Waals surface area contributed by atoms with E-state index in [0.717, 1.165) is 5.69 Å². The summed E-state index contributed by atoms with van der Waals surface area (Å²) in [6.45, 7) is 4.30. The number of rotatable bonds is 5. The second kappa shape index (κ2) is 7.25. The fourth-order valence-electron chi connectivity index (χ4n) is 2.36. The van der Waals surface area contributed by atoms with Gasteiger partial charge in [-0.05, 0) is 47.9 Å². The molecule has 0 spiro atoms. The van der Waals surface area contributed by atoms with Gasteiger partial charge in [-0.2, -0.15) is 0 Å². The van der Waals surface area contributed by atoms with E-state index in [2.05, 4.69) is 36.3 Å². The Kier molecular flexibility index (Phi) is 5.06. The molecule has 0 radical (unpaired) electrons. The number of hydrogen-bond acceptors (Lipinski definition) is 5. The van der Waals surface area contributed by atoms with E-state index < -0.39 is 0 Å². The van der Waals surface area contributed by atoms with Crippen LogP contribution in [0.25, 0.3) is 0 Å². The molecule has 0 aliphatic rings. The predicted molar refractivity (Wildman–Crippen MR) is 105 cm³/mol. The first-order valence-corrected chi connectivity index (χ1v) is 9.07. The lowest BCUT2D eigenvalue weighted by atomic mass is 10.0. The van der Waals surface area contributed by atoms with E-state index in [-0.39, 0.29) is 11.6 Å². The van der Waals surface area contributed by atoms with Gasteiger partial charge in [-0.1, -0.05) is 48.9 Å². The van der Waals surface area contributed by atoms with Crippen molar-refractivity contribution in [1.29, 1.82) is 0 Å². The normalized spacial score (nSPS) is 10.9. The summed E-state index contributed by atoms with van der Waals surface area (Å²) in [6.07, 6.45) is 0. The largest absolute Gasteiger partial charge is 0.382 e. The summed E-state index contributed by atoms with van der Waals surface area (Å²) < 4.78 is 0. The van der Waals surface area contributed by atoms with Gasteiger partial charge in [0.25, 0.3) is 0 Å². The topological polar surface area (TPSA) is 68.0 Å². The molecule has 2 aromatic carbocycles. The monoisotopic (exact) mass is 371 g/mol. The van der Waals surface area contributed by atoms with Gasteiger partial charge in [0.15, 0.2) is 5.13 Å². The quantitative estimate of drug-likeness (QED) is 0.583. The maximum Gasteiger partial charge on any atom is 0.206 e. The molecule has 3 rings (SSSR count). The molecule has 3 N–H and O–H groups in total. The molecule has 3 aromatic rings. The Morgan fingerprint density at radius 1 is 1.12 bits per heavy atom. The van der Waals surface area contributed by atoms with Crippen molar-refractivity contribution >= 4 is 45.4 Å². The fourth-order valence-corrected chi connectivity index (χ4v) is 3.35. The van der Waals surface area contributed by atoms with Crippen LogP contribution >= 0.6 is 22.9 Å². The molecular weight excluding hydrogens is 354 g/mol. The van der Waals surface area contributed by atoms with E-state index in [1.807, 2.05) is 12.1 Å². The average molecular weight is 372 g/mol. The molecule has 25 heavy (non-hydrogen) atoms. The summed E-state index contributed by atoms with van der Waals surface area (Å²) in [5.74, 6) is 0.550. The van der Waals surface area contributed by atoms with Crippen LogP contribution in [0.1, 0.15) is 40.6 Å². The van der Waals surface area contributed by atoms with Crippen LogP contribution in [0.2, 0.25) is 5.02 Å². The number of anilines is 3. The van der Waals surface area contributed by atoms with Crippen molar-refractivity contribution in [3.8, 4) is 0 Å². The number of nitrogens with one attached hydrogen (secondary N) is 1. The Morgan fingerprint density at radius 2 is 1.76 bits per heavy atom. The number of hydrogen-bond donors (Lipinski definition) is 2. The number of carbonyl (C=O) groups is 1. The number of nitrogen functional groups attached to an aromatic ring is 1. The third-order valence-electron chi connectivity index (χ3n) is 3.79. The van der Waals surface area contributed by atoms with E-state index in [1.54, 1.807) is 24.3 Å². The third kappa shape index (κ3) is 4.00. The molecule has 0 unspecified atom stereocenters. The van der Waals surface area contributed by atoms with Gasteiger partial charge in [-0.15, -0.1) is 0 Å². The molecule has 0 saturated carbocycles. The zero-order chi connectivity index (χ0) is 18.0. The van der Waals surface area contributed by atoms with Crippen molar-refractivity contribution in [2.45, 2.75) is 19.8 Å². The summed E-state index contributed by atoms with van der Waals surface area (Å²) in [5, 5.41) is 4.38. The first-order chi connectivity index (χ1) is 11.9. The standard InChI is InChI=1S/C19H18ClN3OS/c1-11(2)12-5-9-15(10-6-12)22-19-23-18(21)17(25-19)16(24)13-3-7-14(20)8-4-13/h3-11H,21H2,1-2H3,(H,22,23). The molecule has 1 heterocycles. The van der Waals surface area contributed by atoms with Crippen molar-refractivity contribution in [2.24, 2.45) is 0 Å². The number of halogens is 1. The van der Waals surface area contributed by atoms with Crippen LogP contribution in [0.3, 0.4) is 0 Å². The van der Waals surface area contributed by atoms with Crippen LogP contribution in [0.15, 0.2) is 48.5 Å². The van der Waals surface area contributed by atoms with Crippen molar-refractivity contribution < 1.29 is 4.79 Å². The van der Waals surface area contributed by atoms with Crippen LogP contribution in [0.5, 0.6) is 0 Å². The molecule has 1 aromatic heterocycles. The average Bonchev–Trinajstić information content (AvgIpc) is 2.95. The Morgan fingerprint density at radius 3 is 2.36 bits per heavy atom. The minimum atomic E-state index is -0.158. The highest BCUT2D eigenvalue weighted by Gasteiger charge is 2.18. The third-order valence-corrected chi connectivity index (χ3v) is 5.03. The van der Waals surface area contributed by atoms with Crippen LogP contribution in [0.4, 0.5) is 16.6 Å². The van der Waals surface area contributed by atoms with E-state index in [4.69, 9.17) is 17.3 Å². The smallest absolute Gasteiger partial charge is 0.206 e. The number of nitrogens with zero attached hydrogens (tertiary/aromatic N) is 1. The van der Waals surface area contributed by atoms with Crippen molar-refractivity contribution in [1.82, 2.24) is 4.98 Å². The SMILES string of the molecule is CC(C)c1ccc(Nc2nc(N)c(C(=O)c3ccc(Cl)cc3)s2)cc1. The second-order valence-corrected chi connectivity index (χ2v) is 7.41. The highest BCUT2D eigenvalue weighted by molar-refractivity contribution is 7.18. The number of ketones is 1. The van der Waals surface area contributed by atoms with Crippen LogP contribution < -0.4 is 11.1 Å². The van der Waals surface area contributed by atoms with Gasteiger partial charge in [0, 0.05) is 16.3 Å². The molecule has 0 aliphatic heterocycles. The van der Waals surface area contributed by atoms with Crippen LogP contribution in [0, 0.1) is 0 Å². The molecule has 0 bridgehead atoms. The number of thiazole rings is 1. The van der Waals surface area contributed by atoms with Gasteiger partial charge in [0.1, 0.15) is 10.7 Å². The molecule has 128 valence electrons. The van der Waals surface area contributed by atoms with Gasteiger partial charge in [0.05, 0.1) is 0 Å². The van der Waals surface area contributed by atoms with Gasteiger partial charge < -0.3 is 11.1 Å². The molecule has 6 heteroatoms. The van der Waals surface area contributed by atoms with Gasteiger partial charge in [0.2, 0.25) is 5.78 Å². The van der Waals surface area contributed by atoms with E-state index in [9.17, 15) is 4.79 Å². The number of benzene rings is 2. The summed E-state index contributed by atoms with van der Waals surface area (Å²) in [4.78, 5) is 17.3. The summed E-state index contributed by atoms with van der Waals surface area (Å²) in [7, 11) is 0. The molecule has 0 atom stereocenters. The van der Waals surface area contributed by atoms with E-state index in [1.165, 1.54) is 16.9 Å². The molecule has 4 nitrogen and oxygen atoms in total. The van der Waals surface area contributed by atoms with E-state index >= 15 is 0 Å². The zero-order valence-corrected chi connectivity index (χ0v) is 15.5. The molecular formula is C19H18ClN3OS. The van der Waals surface area contributed by atoms with Crippen LogP contribution in [-0.2, 0) is 0 Å². The Bertz CT molecular complexity index is 886. The van der Waals surface area contributed by atoms with Crippen LogP contribution in [-0.4, -0.2) is 10.8 Å². The highest BCUT2D eigenvalue weighted by Crippen LogP contribution is 2.30. The summed E-state index contributed by atoms with van der Waals surface area (Å²) >= 11 is 7.11. The van der Waals surface area contributed by atoms with Crippen molar-refractivity contribution in [3.05, 3.63) is 69.6 Å². The lowest BCUT2D eigenvalue weighted by molar-refractivity contribution is 0.104. The maximum atomic E-state index is 12.6. The van der Waals surface area contributed by atoms with Crippen molar-refractivity contribution in [2.75, 3.05) is 11.1 Å². The fraction of sp³-hybridized carbons (Fsp3) is 0.158. The minimum absolute atomic E-state index is 0.158. The zero-order valence-electron chi connectivity index (χ0n) is 13.9. The highest BCUT2D eigenvalue weighted by atomic mass is 35.5. The van der Waals surface area contributed by atoms with Gasteiger partial charge in [-0.3, -0.25) is 4.79 Å². The first kappa shape index (κ1) is 17.5. The number of carbonyl (C=O) groups excluding carboxylic acids is 1. The molecule has 0 aliphatic carbocycles. The Labute approximate surface area is 155 Å². The molecule has 0 amide bonds. The Hall–Kier alpha value is -2.37. The number of aromatic nitrogens is 1. The molecule has 0 fully saturated rings. The summed E-state index contributed by atoms with van der Waals surface area (Å²) in [5.41, 5.74) is 8.65. The van der Waals surface area contributed by atoms with E-state index in [0.29, 0.717) is 26.5 Å². The molecule has 0 saturated heterocycles.